The van der Waals surface area contributed by atoms with Crippen LogP contribution in [-0.4, -0.2) is 36.7 Å². The molecule has 0 saturated heterocycles. The summed E-state index contributed by atoms with van der Waals surface area (Å²) in [6.07, 6.45) is 9.22. The van der Waals surface area contributed by atoms with E-state index >= 15 is 0 Å². The van der Waals surface area contributed by atoms with E-state index in [1.165, 1.54) is 6.42 Å². The van der Waals surface area contributed by atoms with Crippen molar-refractivity contribution in [3.05, 3.63) is 0 Å². The van der Waals surface area contributed by atoms with Crippen molar-refractivity contribution in [3.63, 3.8) is 0 Å². The van der Waals surface area contributed by atoms with E-state index in [9.17, 15) is 14.4 Å². The summed E-state index contributed by atoms with van der Waals surface area (Å²) in [5.74, 6) is 4.85. The number of rotatable bonds is 7. The Morgan fingerprint density at radius 3 is 2.43 bits per heavy atom. The third kappa shape index (κ3) is 4.10. The van der Waals surface area contributed by atoms with E-state index in [2.05, 4.69) is 0 Å². The second-order valence-corrected chi connectivity index (χ2v) is 13.3. The van der Waals surface area contributed by atoms with Crippen molar-refractivity contribution in [1.82, 2.24) is 0 Å². The Bertz CT molecular complexity index is 915. The van der Waals surface area contributed by atoms with Gasteiger partial charge in [0.05, 0.1) is 17.9 Å². The third-order valence-corrected chi connectivity index (χ3v) is 11.9. The van der Waals surface area contributed by atoms with E-state index in [-0.39, 0.29) is 69.5 Å². The quantitative estimate of drug-likeness (QED) is 0.247. The standard InChI is InChI=1S/C29H40O6.2CH4/c1-3-13(2)28(31)35-23-11-16-10-21(23)25-19-8-15(24(16)25)9-20(19)29(32)34-12-33-27-18-5-14-4-17(7-18)26(30)22(27)6-14;;/h13-25,27H,3-12H2,1-2H3;2*1H4. The lowest BCUT2D eigenvalue weighted by molar-refractivity contribution is -0.192. The molecule has 8 fully saturated rings. The van der Waals surface area contributed by atoms with Crippen molar-refractivity contribution in [3.8, 4) is 0 Å². The van der Waals surface area contributed by atoms with Crippen LogP contribution in [0.2, 0.25) is 0 Å². The highest BCUT2D eigenvalue weighted by molar-refractivity contribution is 5.86. The average molecular weight is 517 g/mol. The van der Waals surface area contributed by atoms with Crippen LogP contribution >= 0.6 is 0 Å². The van der Waals surface area contributed by atoms with Gasteiger partial charge in [0, 0.05) is 11.8 Å². The zero-order valence-corrected chi connectivity index (χ0v) is 21.1. The van der Waals surface area contributed by atoms with Gasteiger partial charge in [-0.15, -0.1) is 0 Å². The van der Waals surface area contributed by atoms with E-state index in [1.54, 1.807) is 0 Å². The molecule has 0 spiro atoms. The molecule has 8 aliphatic carbocycles. The fraction of sp³-hybridized carbons (Fsp3) is 0.903. The highest BCUT2D eigenvalue weighted by atomic mass is 16.7. The summed E-state index contributed by atoms with van der Waals surface area (Å²) in [6, 6.07) is 0. The molecule has 0 aromatic rings. The van der Waals surface area contributed by atoms with Crippen LogP contribution in [0.4, 0.5) is 0 Å². The van der Waals surface area contributed by atoms with Gasteiger partial charge >= 0.3 is 11.9 Å². The molecule has 6 nitrogen and oxygen atoms in total. The minimum absolute atomic E-state index is 0. The maximum atomic E-state index is 13.2. The number of Topliss-reactive ketones (excluding diaryl/α,β-unsaturated/α-hetero) is 1. The normalized spacial score (nSPS) is 48.3. The monoisotopic (exact) mass is 516 g/mol. The summed E-state index contributed by atoms with van der Waals surface area (Å²) in [6.45, 7) is 3.96. The zero-order valence-electron chi connectivity index (χ0n) is 21.1. The second kappa shape index (κ2) is 9.95. The van der Waals surface area contributed by atoms with Crippen molar-refractivity contribution in [2.24, 2.45) is 71.0 Å². The highest BCUT2D eigenvalue weighted by Gasteiger charge is 2.66. The van der Waals surface area contributed by atoms with Crippen LogP contribution in [-0.2, 0) is 28.6 Å². The summed E-state index contributed by atoms with van der Waals surface area (Å²) in [7, 11) is 0. The van der Waals surface area contributed by atoms with Gasteiger partial charge in [0.1, 0.15) is 11.9 Å². The molecule has 0 aromatic carbocycles. The second-order valence-electron chi connectivity index (χ2n) is 13.3. The lowest BCUT2D eigenvalue weighted by Gasteiger charge is -2.52. The van der Waals surface area contributed by atoms with E-state index in [0.29, 0.717) is 53.1 Å². The molecule has 8 rings (SSSR count). The first kappa shape index (κ1) is 27.1. The van der Waals surface area contributed by atoms with E-state index in [4.69, 9.17) is 14.2 Å². The molecule has 208 valence electrons. The fourth-order valence-corrected chi connectivity index (χ4v) is 10.5. The molecule has 14 atom stereocenters. The summed E-state index contributed by atoms with van der Waals surface area (Å²) >= 11 is 0. The lowest BCUT2D eigenvalue weighted by atomic mass is 9.54. The summed E-state index contributed by atoms with van der Waals surface area (Å²) < 4.78 is 17.8. The molecule has 0 amide bonds. The number of esters is 2. The fourth-order valence-electron chi connectivity index (χ4n) is 10.5. The Morgan fingerprint density at radius 2 is 1.65 bits per heavy atom. The SMILES string of the molecule is C.C.CCC(C)C(=O)OC1CC2CC1C1C3CC(CC3C(=O)OCOC3C4CC5CC(C4)C(=O)C3C5)C21. The minimum Gasteiger partial charge on any atom is -0.462 e. The highest BCUT2D eigenvalue weighted by Crippen LogP contribution is 2.69. The number of ketones is 1. The molecule has 8 aliphatic rings. The number of hydrogen-bond donors (Lipinski definition) is 0. The molecule has 37 heavy (non-hydrogen) atoms. The van der Waals surface area contributed by atoms with Crippen molar-refractivity contribution < 1.29 is 28.6 Å². The minimum atomic E-state index is -0.109. The van der Waals surface area contributed by atoms with Gasteiger partial charge in [0.2, 0.25) is 0 Å². The van der Waals surface area contributed by atoms with Crippen molar-refractivity contribution >= 4 is 17.7 Å². The molecule has 0 aliphatic heterocycles. The molecular weight excluding hydrogens is 468 g/mol. The maximum Gasteiger partial charge on any atom is 0.311 e. The van der Waals surface area contributed by atoms with Crippen LogP contribution < -0.4 is 0 Å². The Labute approximate surface area is 222 Å². The largest absolute Gasteiger partial charge is 0.462 e. The Balaban J connectivity index is 0.00000140. The van der Waals surface area contributed by atoms with Gasteiger partial charge < -0.3 is 14.2 Å². The zero-order chi connectivity index (χ0) is 24.0. The van der Waals surface area contributed by atoms with Crippen LogP contribution in [0.15, 0.2) is 0 Å². The van der Waals surface area contributed by atoms with Gasteiger partial charge in [-0.25, -0.2) is 0 Å². The smallest absolute Gasteiger partial charge is 0.311 e. The first-order valence-electron chi connectivity index (χ1n) is 14.4. The Kier molecular flexibility index (Phi) is 7.30. The molecule has 0 radical (unpaired) electrons. The van der Waals surface area contributed by atoms with Gasteiger partial charge in [0.25, 0.3) is 0 Å². The maximum absolute atomic E-state index is 13.2. The topological polar surface area (TPSA) is 78.9 Å². The first-order chi connectivity index (χ1) is 16.9. The van der Waals surface area contributed by atoms with Gasteiger partial charge in [-0.05, 0) is 105 Å². The van der Waals surface area contributed by atoms with Crippen LogP contribution in [0, 0.1) is 71.0 Å². The van der Waals surface area contributed by atoms with Crippen molar-refractivity contribution in [1.29, 1.82) is 0 Å². The predicted octanol–water partition coefficient (Wildman–Crippen LogP) is 5.67. The van der Waals surface area contributed by atoms with Gasteiger partial charge in [-0.2, -0.15) is 0 Å². The van der Waals surface area contributed by atoms with Gasteiger partial charge in [-0.3, -0.25) is 14.4 Å². The van der Waals surface area contributed by atoms with Gasteiger partial charge in [-0.1, -0.05) is 28.7 Å². The molecule has 0 heterocycles. The predicted molar refractivity (Wildman–Crippen MR) is 139 cm³/mol. The molecule has 14 unspecified atom stereocenters. The molecule has 0 N–H and O–H groups in total. The van der Waals surface area contributed by atoms with Crippen molar-refractivity contribution in [2.75, 3.05) is 6.79 Å². The Hall–Kier alpha value is -1.43. The first-order valence-corrected chi connectivity index (χ1v) is 14.4. The molecule has 6 heteroatoms. The van der Waals surface area contributed by atoms with Gasteiger partial charge in [0.15, 0.2) is 6.79 Å². The molecule has 0 aromatic heterocycles. The lowest BCUT2D eigenvalue weighted by Crippen LogP contribution is -2.55. The van der Waals surface area contributed by atoms with E-state index < -0.39 is 0 Å². The number of fused-ring (bicyclic) bond motifs is 9. The summed E-state index contributed by atoms with van der Waals surface area (Å²) in [5, 5.41) is 0. The molecule has 8 bridgehead atoms. The number of carbonyl (C=O) groups is 3. The van der Waals surface area contributed by atoms with E-state index in [0.717, 1.165) is 51.4 Å². The molecule has 8 saturated carbocycles. The number of carbonyl (C=O) groups excluding carboxylic acids is 3. The van der Waals surface area contributed by atoms with Crippen LogP contribution in [0.5, 0.6) is 0 Å². The van der Waals surface area contributed by atoms with E-state index in [1.807, 2.05) is 13.8 Å². The van der Waals surface area contributed by atoms with Crippen LogP contribution in [0.25, 0.3) is 0 Å². The summed E-state index contributed by atoms with van der Waals surface area (Å²) in [4.78, 5) is 38.3. The van der Waals surface area contributed by atoms with Crippen molar-refractivity contribution in [2.45, 2.75) is 98.7 Å². The average Bonchev–Trinajstić information content (AvgIpc) is 3.62. The molecular formula is C31H48O6. The van der Waals surface area contributed by atoms with Crippen LogP contribution in [0.3, 0.4) is 0 Å². The number of ether oxygens (including phenoxy) is 3. The summed E-state index contributed by atoms with van der Waals surface area (Å²) in [5.41, 5.74) is 0. The Morgan fingerprint density at radius 1 is 0.892 bits per heavy atom. The number of hydrogen-bond acceptors (Lipinski definition) is 6. The third-order valence-electron chi connectivity index (χ3n) is 11.9. The van der Waals surface area contributed by atoms with Crippen LogP contribution in [0.1, 0.15) is 86.5 Å².